The number of hydrogen-bond acceptors (Lipinski definition) is 3. The summed E-state index contributed by atoms with van der Waals surface area (Å²) in [6, 6.07) is 5.52. The van der Waals surface area contributed by atoms with Crippen LogP contribution in [0.4, 0.5) is 0 Å². The average molecular weight is 315 g/mol. The molecule has 1 aromatic carbocycles. The van der Waals surface area contributed by atoms with Gasteiger partial charge < -0.3 is 14.9 Å². The molecule has 18 heavy (non-hydrogen) atoms. The molecule has 1 aliphatic rings. The van der Waals surface area contributed by atoms with Gasteiger partial charge in [-0.1, -0.05) is 18.9 Å². The predicted molar refractivity (Wildman–Crippen MR) is 73.6 cm³/mol. The maximum absolute atomic E-state index is 10.0. The molecule has 0 radical (unpaired) electrons. The molecule has 0 aliphatic heterocycles. The van der Waals surface area contributed by atoms with Gasteiger partial charge in [0.1, 0.15) is 11.9 Å². The average Bonchev–Trinajstić information content (AvgIpc) is 2.57. The molecule has 0 spiro atoms. The molecule has 2 atom stereocenters. The molecule has 1 saturated carbocycles. The van der Waals surface area contributed by atoms with Gasteiger partial charge in [0.2, 0.25) is 0 Å². The van der Waals surface area contributed by atoms with Crippen LogP contribution in [0.15, 0.2) is 22.7 Å². The third kappa shape index (κ3) is 3.46. The smallest absolute Gasteiger partial charge is 0.134 e. The summed E-state index contributed by atoms with van der Waals surface area (Å²) < 4.78 is 6.72. The minimum absolute atomic E-state index is 0.0188. The first-order chi connectivity index (χ1) is 8.70. The van der Waals surface area contributed by atoms with Crippen LogP contribution in [0.3, 0.4) is 0 Å². The summed E-state index contributed by atoms with van der Waals surface area (Å²) in [6.07, 6.45) is 4.56. The summed E-state index contributed by atoms with van der Waals surface area (Å²) in [5, 5.41) is 19.1. The third-order valence-corrected chi connectivity index (χ3v) is 3.99. The molecule has 1 fully saturated rings. The lowest BCUT2D eigenvalue weighted by atomic mass is 10.1. The van der Waals surface area contributed by atoms with Crippen molar-refractivity contribution < 1.29 is 14.9 Å². The van der Waals surface area contributed by atoms with Gasteiger partial charge in [0, 0.05) is 0 Å². The molecule has 1 aromatic rings. The van der Waals surface area contributed by atoms with Crippen molar-refractivity contribution >= 4 is 15.9 Å². The summed E-state index contributed by atoms with van der Waals surface area (Å²) in [4.78, 5) is 0. The van der Waals surface area contributed by atoms with Gasteiger partial charge in [0.15, 0.2) is 0 Å². The Morgan fingerprint density at radius 3 is 2.72 bits per heavy atom. The molecule has 2 rings (SSSR count). The van der Waals surface area contributed by atoms with Crippen molar-refractivity contribution in [2.45, 2.75) is 50.9 Å². The zero-order chi connectivity index (χ0) is 13.0. The van der Waals surface area contributed by atoms with Crippen molar-refractivity contribution in [3.63, 3.8) is 0 Å². The number of hydrogen-bond donors (Lipinski definition) is 2. The first-order valence-electron chi connectivity index (χ1n) is 6.44. The first kappa shape index (κ1) is 13.8. The van der Waals surface area contributed by atoms with Crippen molar-refractivity contribution in [2.75, 3.05) is 0 Å². The van der Waals surface area contributed by atoms with E-state index in [1.165, 1.54) is 6.42 Å². The number of ether oxygens (including phenoxy) is 1. The van der Waals surface area contributed by atoms with Gasteiger partial charge in [0.05, 0.1) is 17.2 Å². The van der Waals surface area contributed by atoms with Crippen LogP contribution in [0.5, 0.6) is 5.75 Å². The summed E-state index contributed by atoms with van der Waals surface area (Å²) in [5.74, 6) is 0.734. The number of benzene rings is 1. The Morgan fingerprint density at radius 2 is 2.00 bits per heavy atom. The quantitative estimate of drug-likeness (QED) is 0.843. The highest BCUT2D eigenvalue weighted by Gasteiger charge is 2.23. The number of aliphatic hydroxyl groups excluding tert-OH is 2. The summed E-state index contributed by atoms with van der Waals surface area (Å²) in [6.45, 7) is 0.0188. The van der Waals surface area contributed by atoms with E-state index < -0.39 is 0 Å². The lowest BCUT2D eigenvalue weighted by molar-refractivity contribution is 0.0315. The standard InChI is InChI=1S/C14H19BrO3/c15-11-8-10(9-16)6-7-13(11)18-14-5-3-1-2-4-12(14)17/h6-8,12,14,16-17H,1-5,9H2. The summed E-state index contributed by atoms with van der Waals surface area (Å²) in [5.41, 5.74) is 0.843. The first-order valence-corrected chi connectivity index (χ1v) is 7.24. The largest absolute Gasteiger partial charge is 0.487 e. The number of rotatable bonds is 3. The molecule has 3 nitrogen and oxygen atoms in total. The van der Waals surface area contributed by atoms with Crippen LogP contribution in [0, 0.1) is 0 Å². The maximum atomic E-state index is 10.0. The molecule has 2 unspecified atom stereocenters. The fourth-order valence-electron chi connectivity index (χ4n) is 2.29. The SMILES string of the molecule is OCc1ccc(OC2CCCCCC2O)c(Br)c1. The van der Waals surface area contributed by atoms with Crippen molar-refractivity contribution in [3.05, 3.63) is 28.2 Å². The highest BCUT2D eigenvalue weighted by molar-refractivity contribution is 9.10. The second-order valence-corrected chi connectivity index (χ2v) is 5.64. The van der Waals surface area contributed by atoms with Crippen molar-refractivity contribution in [3.8, 4) is 5.75 Å². The maximum Gasteiger partial charge on any atom is 0.134 e. The van der Waals surface area contributed by atoms with Gasteiger partial charge >= 0.3 is 0 Å². The molecule has 0 heterocycles. The van der Waals surface area contributed by atoms with Gasteiger partial charge in [-0.05, 0) is 52.9 Å². The molecule has 1 aliphatic carbocycles. The topological polar surface area (TPSA) is 49.7 Å². The lowest BCUT2D eigenvalue weighted by Crippen LogP contribution is -2.30. The van der Waals surface area contributed by atoms with E-state index in [2.05, 4.69) is 15.9 Å². The molecule has 0 aromatic heterocycles. The molecule has 0 bridgehead atoms. The van der Waals surface area contributed by atoms with Crippen molar-refractivity contribution in [1.29, 1.82) is 0 Å². The van der Waals surface area contributed by atoms with Crippen LogP contribution in [0.1, 0.15) is 37.7 Å². The Kier molecular flexibility index (Phi) is 5.03. The van der Waals surface area contributed by atoms with E-state index >= 15 is 0 Å². The van der Waals surface area contributed by atoms with Gasteiger partial charge in [-0.3, -0.25) is 0 Å². The van der Waals surface area contributed by atoms with Crippen LogP contribution < -0.4 is 4.74 Å². The van der Waals surface area contributed by atoms with E-state index in [0.29, 0.717) is 0 Å². The van der Waals surface area contributed by atoms with E-state index in [0.717, 1.165) is 41.5 Å². The van der Waals surface area contributed by atoms with Crippen LogP contribution >= 0.6 is 15.9 Å². The minimum Gasteiger partial charge on any atom is -0.487 e. The molecule has 2 N–H and O–H groups in total. The highest BCUT2D eigenvalue weighted by Crippen LogP contribution is 2.30. The molecule has 100 valence electrons. The van der Waals surface area contributed by atoms with Crippen LogP contribution in [-0.4, -0.2) is 22.4 Å². The second kappa shape index (κ2) is 6.55. The molecule has 4 heteroatoms. The normalized spacial score (nSPS) is 24.6. The molecule has 0 amide bonds. The Labute approximate surface area is 116 Å². The van der Waals surface area contributed by atoms with E-state index in [4.69, 9.17) is 9.84 Å². The zero-order valence-electron chi connectivity index (χ0n) is 10.3. The highest BCUT2D eigenvalue weighted by atomic mass is 79.9. The zero-order valence-corrected chi connectivity index (χ0v) is 11.9. The Hall–Kier alpha value is -0.580. The van der Waals surface area contributed by atoms with Gasteiger partial charge in [-0.2, -0.15) is 0 Å². The van der Waals surface area contributed by atoms with Crippen LogP contribution in [0.2, 0.25) is 0 Å². The summed E-state index contributed by atoms with van der Waals surface area (Å²) in [7, 11) is 0. The Bertz CT molecular complexity index is 395. The van der Waals surface area contributed by atoms with E-state index in [1.807, 2.05) is 18.2 Å². The van der Waals surface area contributed by atoms with E-state index in [9.17, 15) is 5.11 Å². The molecular formula is C14H19BrO3. The van der Waals surface area contributed by atoms with E-state index in [1.54, 1.807) is 0 Å². The summed E-state index contributed by atoms with van der Waals surface area (Å²) >= 11 is 3.44. The lowest BCUT2D eigenvalue weighted by Gasteiger charge is -2.22. The molecule has 0 saturated heterocycles. The molecular weight excluding hydrogens is 296 g/mol. The second-order valence-electron chi connectivity index (χ2n) is 4.78. The van der Waals surface area contributed by atoms with Gasteiger partial charge in [-0.25, -0.2) is 0 Å². The minimum atomic E-state index is -0.378. The number of halogens is 1. The van der Waals surface area contributed by atoms with Crippen molar-refractivity contribution in [2.24, 2.45) is 0 Å². The van der Waals surface area contributed by atoms with Crippen molar-refractivity contribution in [1.82, 2.24) is 0 Å². The fourth-order valence-corrected chi connectivity index (χ4v) is 2.81. The van der Waals surface area contributed by atoms with Gasteiger partial charge in [-0.15, -0.1) is 0 Å². The van der Waals surface area contributed by atoms with Crippen LogP contribution in [0.25, 0.3) is 0 Å². The Balaban J connectivity index is 2.07. The number of aliphatic hydroxyl groups is 2. The predicted octanol–water partition coefficient (Wildman–Crippen LogP) is 3.01. The van der Waals surface area contributed by atoms with E-state index in [-0.39, 0.29) is 18.8 Å². The monoisotopic (exact) mass is 314 g/mol. The third-order valence-electron chi connectivity index (χ3n) is 3.37. The van der Waals surface area contributed by atoms with Gasteiger partial charge in [0.25, 0.3) is 0 Å². The van der Waals surface area contributed by atoms with Crippen LogP contribution in [-0.2, 0) is 6.61 Å². The fraction of sp³-hybridized carbons (Fsp3) is 0.571. The Morgan fingerprint density at radius 1 is 1.22 bits per heavy atom.